The van der Waals surface area contributed by atoms with E-state index in [2.05, 4.69) is 21.0 Å². The van der Waals surface area contributed by atoms with Gasteiger partial charge in [-0.15, -0.1) is 0 Å². The Bertz CT molecular complexity index is 343. The fourth-order valence-corrected chi connectivity index (χ4v) is 1.60. The molecule has 0 aliphatic heterocycles. The first-order valence-electron chi connectivity index (χ1n) is 4.54. The minimum atomic E-state index is 0.241. The molecule has 3 N–H and O–H groups in total. The van der Waals surface area contributed by atoms with Gasteiger partial charge in [0.25, 0.3) is 0 Å². The molecule has 1 rings (SSSR count). The summed E-state index contributed by atoms with van der Waals surface area (Å²) in [5.41, 5.74) is 7.41. The first-order chi connectivity index (χ1) is 6.52. The van der Waals surface area contributed by atoms with Crippen LogP contribution in [0.1, 0.15) is 24.2 Å². The molecule has 14 heavy (non-hydrogen) atoms. The molecule has 0 radical (unpaired) electrons. The molecule has 0 unspecified atom stereocenters. The Hall–Kier alpha value is -0.840. The van der Waals surface area contributed by atoms with Crippen molar-refractivity contribution in [1.82, 2.24) is 9.78 Å². The maximum Gasteiger partial charge on any atom is 0.0905 e. The molecule has 0 aliphatic rings. The van der Waals surface area contributed by atoms with Crippen molar-refractivity contribution >= 4 is 21.8 Å². The lowest BCUT2D eigenvalue weighted by atomic mass is 10.3. The van der Waals surface area contributed by atoms with Crippen molar-refractivity contribution in [1.29, 1.82) is 5.41 Å². The fourth-order valence-electron chi connectivity index (χ4n) is 1.31. The highest BCUT2D eigenvalue weighted by atomic mass is 79.9. The molecule has 0 atom stereocenters. The third kappa shape index (κ3) is 2.57. The highest BCUT2D eigenvalue weighted by molar-refractivity contribution is 9.10. The van der Waals surface area contributed by atoms with Gasteiger partial charge in [0.15, 0.2) is 0 Å². The maximum atomic E-state index is 7.10. The minimum Gasteiger partial charge on any atom is -0.388 e. The Kier molecular flexibility index (Phi) is 3.69. The first-order valence-corrected chi connectivity index (χ1v) is 5.34. The van der Waals surface area contributed by atoms with Crippen molar-refractivity contribution < 1.29 is 0 Å². The number of aryl methyl sites for hydroxylation is 2. The average molecular weight is 259 g/mol. The summed E-state index contributed by atoms with van der Waals surface area (Å²) >= 11 is 3.47. The van der Waals surface area contributed by atoms with E-state index >= 15 is 0 Å². The summed E-state index contributed by atoms with van der Waals surface area (Å²) < 4.78 is 3.02. The molecule has 5 heteroatoms. The van der Waals surface area contributed by atoms with E-state index in [4.69, 9.17) is 11.1 Å². The third-order valence-electron chi connectivity index (χ3n) is 2.11. The molecule has 0 spiro atoms. The van der Waals surface area contributed by atoms with Crippen LogP contribution in [0.4, 0.5) is 0 Å². The average Bonchev–Trinajstić information content (AvgIpc) is 2.33. The van der Waals surface area contributed by atoms with Crippen LogP contribution in [0, 0.1) is 19.3 Å². The molecule has 0 aliphatic carbocycles. The number of halogens is 1. The van der Waals surface area contributed by atoms with E-state index in [1.807, 2.05) is 18.5 Å². The molecule has 1 aromatic heterocycles. The maximum absolute atomic E-state index is 7.10. The number of nitrogens with one attached hydrogen (secondary N) is 1. The monoisotopic (exact) mass is 258 g/mol. The number of amidine groups is 1. The Morgan fingerprint density at radius 1 is 1.57 bits per heavy atom. The molecule has 0 bridgehead atoms. The van der Waals surface area contributed by atoms with Crippen molar-refractivity contribution in [3.8, 4) is 0 Å². The van der Waals surface area contributed by atoms with Gasteiger partial charge >= 0.3 is 0 Å². The van der Waals surface area contributed by atoms with Crippen LogP contribution in [0.25, 0.3) is 0 Å². The summed E-state index contributed by atoms with van der Waals surface area (Å²) in [6.07, 6.45) is 1.50. The van der Waals surface area contributed by atoms with Gasteiger partial charge in [-0.1, -0.05) is 0 Å². The Balaban J connectivity index is 2.59. The highest BCUT2D eigenvalue weighted by Crippen LogP contribution is 2.19. The van der Waals surface area contributed by atoms with Crippen LogP contribution in [0.2, 0.25) is 0 Å². The zero-order chi connectivity index (χ0) is 10.7. The summed E-state index contributed by atoms with van der Waals surface area (Å²) in [6, 6.07) is 0. The van der Waals surface area contributed by atoms with Gasteiger partial charge in [0.1, 0.15) is 0 Å². The molecule has 4 nitrogen and oxygen atoms in total. The van der Waals surface area contributed by atoms with Gasteiger partial charge in [0.2, 0.25) is 0 Å². The summed E-state index contributed by atoms with van der Waals surface area (Å²) in [7, 11) is 0. The molecular formula is C9H15BrN4. The van der Waals surface area contributed by atoms with Crippen molar-refractivity contribution in [2.45, 2.75) is 33.2 Å². The molecule has 1 aromatic rings. The van der Waals surface area contributed by atoms with Crippen LogP contribution in [-0.4, -0.2) is 15.6 Å². The summed E-state index contributed by atoms with van der Waals surface area (Å²) in [6.45, 7) is 4.81. The van der Waals surface area contributed by atoms with E-state index in [9.17, 15) is 0 Å². The SMILES string of the molecule is Cc1nn(CCCC(=N)N)c(C)c1Br. The van der Waals surface area contributed by atoms with Gasteiger partial charge in [-0.25, -0.2) is 0 Å². The van der Waals surface area contributed by atoms with Crippen LogP contribution >= 0.6 is 15.9 Å². The summed E-state index contributed by atoms with van der Waals surface area (Å²) in [5, 5.41) is 11.5. The van der Waals surface area contributed by atoms with Crippen LogP contribution in [0.5, 0.6) is 0 Å². The van der Waals surface area contributed by atoms with Crippen molar-refractivity contribution in [3.05, 3.63) is 15.9 Å². The molecule has 0 aromatic carbocycles. The fraction of sp³-hybridized carbons (Fsp3) is 0.556. The van der Waals surface area contributed by atoms with Gasteiger partial charge in [0, 0.05) is 18.7 Å². The van der Waals surface area contributed by atoms with E-state index in [1.165, 1.54) is 0 Å². The predicted molar refractivity (Wildman–Crippen MR) is 60.5 cm³/mol. The zero-order valence-electron chi connectivity index (χ0n) is 8.47. The van der Waals surface area contributed by atoms with Crippen LogP contribution in [0.15, 0.2) is 4.47 Å². The molecular weight excluding hydrogens is 244 g/mol. The van der Waals surface area contributed by atoms with Crippen LogP contribution in [-0.2, 0) is 6.54 Å². The summed E-state index contributed by atoms with van der Waals surface area (Å²) in [5.74, 6) is 0.241. The quantitative estimate of drug-likeness (QED) is 0.641. The van der Waals surface area contributed by atoms with E-state index in [0.717, 1.165) is 28.8 Å². The number of hydrogen-bond donors (Lipinski definition) is 2. The smallest absolute Gasteiger partial charge is 0.0905 e. The van der Waals surface area contributed by atoms with Crippen molar-refractivity contribution in [2.75, 3.05) is 0 Å². The second kappa shape index (κ2) is 4.59. The molecule has 0 saturated carbocycles. The van der Waals surface area contributed by atoms with Gasteiger partial charge < -0.3 is 5.73 Å². The Labute approximate surface area is 92.1 Å². The molecule has 0 amide bonds. The second-order valence-electron chi connectivity index (χ2n) is 3.34. The largest absolute Gasteiger partial charge is 0.388 e. The highest BCUT2D eigenvalue weighted by Gasteiger charge is 2.07. The molecule has 0 saturated heterocycles. The van der Waals surface area contributed by atoms with Gasteiger partial charge in [0.05, 0.1) is 16.0 Å². The van der Waals surface area contributed by atoms with E-state index < -0.39 is 0 Å². The standard InChI is InChI=1S/C9H15BrN4/c1-6-9(10)7(2)14(13-6)5-3-4-8(11)12/h3-5H2,1-2H3,(H3,11,12). The minimum absolute atomic E-state index is 0.241. The predicted octanol–water partition coefficient (Wildman–Crippen LogP) is 1.98. The normalized spacial score (nSPS) is 10.5. The number of nitrogens with two attached hydrogens (primary N) is 1. The topological polar surface area (TPSA) is 67.7 Å². The van der Waals surface area contributed by atoms with E-state index in [1.54, 1.807) is 0 Å². The van der Waals surface area contributed by atoms with Crippen molar-refractivity contribution in [2.24, 2.45) is 5.73 Å². The van der Waals surface area contributed by atoms with Gasteiger partial charge in [-0.05, 0) is 36.2 Å². The lowest BCUT2D eigenvalue weighted by Crippen LogP contribution is -2.11. The first kappa shape index (κ1) is 11.2. The van der Waals surface area contributed by atoms with E-state index in [0.29, 0.717) is 6.42 Å². The molecule has 78 valence electrons. The van der Waals surface area contributed by atoms with Crippen LogP contribution < -0.4 is 5.73 Å². The third-order valence-corrected chi connectivity index (χ3v) is 3.26. The molecule has 0 fully saturated rings. The Morgan fingerprint density at radius 2 is 2.21 bits per heavy atom. The Morgan fingerprint density at radius 3 is 2.64 bits per heavy atom. The second-order valence-corrected chi connectivity index (χ2v) is 4.13. The van der Waals surface area contributed by atoms with Crippen molar-refractivity contribution in [3.63, 3.8) is 0 Å². The number of hydrogen-bond acceptors (Lipinski definition) is 2. The summed E-state index contributed by atoms with van der Waals surface area (Å²) in [4.78, 5) is 0. The lowest BCUT2D eigenvalue weighted by Gasteiger charge is -2.03. The van der Waals surface area contributed by atoms with E-state index in [-0.39, 0.29) is 5.84 Å². The number of nitrogens with zero attached hydrogens (tertiary/aromatic N) is 2. The van der Waals surface area contributed by atoms with Gasteiger partial charge in [-0.3, -0.25) is 10.1 Å². The zero-order valence-corrected chi connectivity index (χ0v) is 10.1. The van der Waals surface area contributed by atoms with Gasteiger partial charge in [-0.2, -0.15) is 5.10 Å². The number of rotatable bonds is 4. The van der Waals surface area contributed by atoms with Crippen LogP contribution in [0.3, 0.4) is 0 Å². The lowest BCUT2D eigenvalue weighted by molar-refractivity contribution is 0.570. The molecule has 1 heterocycles. The number of aromatic nitrogens is 2.